The lowest BCUT2D eigenvalue weighted by atomic mass is 10.1. The first-order chi connectivity index (χ1) is 12.6. The molecule has 0 heterocycles. The maximum absolute atomic E-state index is 12.8. The minimum absolute atomic E-state index is 0.210. The molecule has 1 atom stereocenters. The minimum Gasteiger partial charge on any atom is -0.350 e. The van der Waals surface area contributed by atoms with Gasteiger partial charge in [0.15, 0.2) is 0 Å². The number of amides is 1. The van der Waals surface area contributed by atoms with Gasteiger partial charge in [0.2, 0.25) is 15.9 Å². The Morgan fingerprint density at radius 3 is 2.37 bits per heavy atom. The molecule has 0 saturated carbocycles. The molecule has 0 spiro atoms. The fourth-order valence-electron chi connectivity index (χ4n) is 2.72. The molecule has 0 fully saturated rings. The summed E-state index contributed by atoms with van der Waals surface area (Å²) in [6.45, 7) is 3.79. The van der Waals surface area contributed by atoms with Gasteiger partial charge in [-0.1, -0.05) is 54.4 Å². The highest BCUT2D eigenvalue weighted by molar-refractivity contribution is 7.92. The highest BCUT2D eigenvalue weighted by Gasteiger charge is 2.31. The van der Waals surface area contributed by atoms with Crippen molar-refractivity contribution < 1.29 is 13.2 Å². The monoisotopic (exact) mass is 428 g/mol. The largest absolute Gasteiger partial charge is 0.350 e. The van der Waals surface area contributed by atoms with Crippen molar-refractivity contribution in [3.63, 3.8) is 0 Å². The number of nitrogens with zero attached hydrogens (tertiary/aromatic N) is 1. The predicted octanol–water partition coefficient (Wildman–Crippen LogP) is 4.16. The SMILES string of the molecule is CC[C@H](C(=O)NCc1ccccc1Cl)N(c1ccc(C)c(Cl)c1)S(C)(=O)=O. The summed E-state index contributed by atoms with van der Waals surface area (Å²) in [6, 6.07) is 11.2. The number of halogens is 2. The molecule has 146 valence electrons. The van der Waals surface area contributed by atoms with Gasteiger partial charge in [-0.15, -0.1) is 0 Å². The summed E-state index contributed by atoms with van der Waals surface area (Å²) in [4.78, 5) is 12.8. The number of hydrogen-bond donors (Lipinski definition) is 1. The average molecular weight is 429 g/mol. The van der Waals surface area contributed by atoms with Gasteiger partial charge in [-0.2, -0.15) is 0 Å². The van der Waals surface area contributed by atoms with Gasteiger partial charge in [-0.05, 0) is 42.7 Å². The Labute approximate surface area is 170 Å². The molecule has 5 nitrogen and oxygen atoms in total. The minimum atomic E-state index is -3.71. The van der Waals surface area contributed by atoms with Crippen molar-refractivity contribution in [2.45, 2.75) is 32.9 Å². The molecule has 2 aromatic rings. The molecule has 0 unspecified atom stereocenters. The molecule has 0 bridgehead atoms. The summed E-state index contributed by atoms with van der Waals surface area (Å²) in [5.74, 6) is -0.403. The molecular formula is C19H22Cl2N2O3S. The van der Waals surface area contributed by atoms with Gasteiger partial charge in [-0.25, -0.2) is 8.42 Å². The molecule has 0 saturated heterocycles. The zero-order chi connectivity index (χ0) is 20.2. The van der Waals surface area contributed by atoms with Crippen LogP contribution in [-0.4, -0.2) is 26.6 Å². The molecule has 8 heteroatoms. The van der Waals surface area contributed by atoms with Crippen LogP contribution in [0.5, 0.6) is 0 Å². The molecule has 2 aromatic carbocycles. The van der Waals surface area contributed by atoms with E-state index in [-0.39, 0.29) is 6.54 Å². The number of hydrogen-bond acceptors (Lipinski definition) is 3. The Kier molecular flexibility index (Phi) is 7.14. The molecule has 0 aliphatic rings. The molecular weight excluding hydrogens is 407 g/mol. The second-order valence-corrected chi connectivity index (χ2v) is 8.90. The highest BCUT2D eigenvalue weighted by atomic mass is 35.5. The van der Waals surface area contributed by atoms with E-state index < -0.39 is 22.0 Å². The number of anilines is 1. The summed E-state index contributed by atoms with van der Waals surface area (Å²) in [5.41, 5.74) is 1.93. The van der Waals surface area contributed by atoms with Crippen LogP contribution in [0, 0.1) is 6.92 Å². The molecule has 2 rings (SSSR count). The van der Waals surface area contributed by atoms with E-state index in [1.807, 2.05) is 13.0 Å². The maximum Gasteiger partial charge on any atom is 0.244 e. The van der Waals surface area contributed by atoms with E-state index in [4.69, 9.17) is 23.2 Å². The van der Waals surface area contributed by atoms with E-state index in [0.717, 1.165) is 21.7 Å². The maximum atomic E-state index is 12.8. The van der Waals surface area contributed by atoms with Crippen LogP contribution < -0.4 is 9.62 Å². The van der Waals surface area contributed by atoms with E-state index in [1.165, 1.54) is 0 Å². The molecule has 1 amide bonds. The zero-order valence-corrected chi connectivity index (χ0v) is 17.7. The van der Waals surface area contributed by atoms with Crippen molar-refractivity contribution in [2.75, 3.05) is 10.6 Å². The topological polar surface area (TPSA) is 66.5 Å². The summed E-state index contributed by atoms with van der Waals surface area (Å²) in [5, 5.41) is 3.75. The number of aryl methyl sites for hydroxylation is 1. The summed E-state index contributed by atoms with van der Waals surface area (Å²) in [7, 11) is -3.71. The van der Waals surface area contributed by atoms with Crippen LogP contribution in [0.3, 0.4) is 0 Å². The van der Waals surface area contributed by atoms with Crippen molar-refractivity contribution in [3.05, 3.63) is 63.6 Å². The average Bonchev–Trinajstić information content (AvgIpc) is 2.60. The van der Waals surface area contributed by atoms with Crippen LogP contribution in [0.1, 0.15) is 24.5 Å². The number of rotatable bonds is 7. The van der Waals surface area contributed by atoms with Crippen molar-refractivity contribution in [1.29, 1.82) is 0 Å². The van der Waals surface area contributed by atoms with Crippen molar-refractivity contribution >= 4 is 44.8 Å². The Bertz CT molecular complexity index is 932. The van der Waals surface area contributed by atoms with Gasteiger partial charge in [0.05, 0.1) is 11.9 Å². The number of nitrogens with one attached hydrogen (secondary N) is 1. The van der Waals surface area contributed by atoms with E-state index in [2.05, 4.69) is 5.32 Å². The van der Waals surface area contributed by atoms with Gasteiger partial charge >= 0.3 is 0 Å². The van der Waals surface area contributed by atoms with Gasteiger partial charge in [0.25, 0.3) is 0 Å². The molecule has 1 N–H and O–H groups in total. The normalized spacial score (nSPS) is 12.5. The van der Waals surface area contributed by atoms with Crippen molar-refractivity contribution in [3.8, 4) is 0 Å². The van der Waals surface area contributed by atoms with Crippen LogP contribution in [-0.2, 0) is 21.4 Å². The highest BCUT2D eigenvalue weighted by Crippen LogP contribution is 2.27. The Morgan fingerprint density at radius 2 is 1.81 bits per heavy atom. The zero-order valence-electron chi connectivity index (χ0n) is 15.4. The first-order valence-corrected chi connectivity index (χ1v) is 11.0. The predicted molar refractivity (Wildman–Crippen MR) is 111 cm³/mol. The third-order valence-corrected chi connectivity index (χ3v) is 6.11. The Morgan fingerprint density at radius 1 is 1.15 bits per heavy atom. The van der Waals surface area contributed by atoms with Crippen LogP contribution in [0.15, 0.2) is 42.5 Å². The Hall–Kier alpha value is -1.76. The summed E-state index contributed by atoms with van der Waals surface area (Å²) in [6.07, 6.45) is 1.37. The van der Waals surface area contributed by atoms with Crippen molar-refractivity contribution in [1.82, 2.24) is 5.32 Å². The summed E-state index contributed by atoms with van der Waals surface area (Å²) >= 11 is 12.3. The number of carbonyl (C=O) groups excluding carboxylic acids is 1. The van der Waals surface area contributed by atoms with Crippen LogP contribution in [0.25, 0.3) is 0 Å². The summed E-state index contributed by atoms with van der Waals surface area (Å²) < 4.78 is 26.0. The molecule has 0 aliphatic carbocycles. The second kappa shape index (κ2) is 8.95. The third kappa shape index (κ3) is 5.37. The fourth-order valence-corrected chi connectivity index (χ4v) is 4.30. The van der Waals surface area contributed by atoms with Crippen LogP contribution in [0.2, 0.25) is 10.0 Å². The molecule has 27 heavy (non-hydrogen) atoms. The van der Waals surface area contributed by atoms with Crippen molar-refractivity contribution in [2.24, 2.45) is 0 Å². The first kappa shape index (κ1) is 21.5. The smallest absolute Gasteiger partial charge is 0.244 e. The van der Waals surface area contributed by atoms with Gasteiger partial charge in [-0.3, -0.25) is 9.10 Å². The number of sulfonamides is 1. The quantitative estimate of drug-likeness (QED) is 0.719. The van der Waals surface area contributed by atoms with E-state index in [0.29, 0.717) is 22.2 Å². The lowest BCUT2D eigenvalue weighted by molar-refractivity contribution is -0.122. The Balaban J connectivity index is 2.30. The van der Waals surface area contributed by atoms with Crippen LogP contribution >= 0.6 is 23.2 Å². The van der Waals surface area contributed by atoms with Gasteiger partial charge in [0, 0.05) is 16.6 Å². The van der Waals surface area contributed by atoms with E-state index >= 15 is 0 Å². The van der Waals surface area contributed by atoms with Gasteiger partial charge in [0.1, 0.15) is 6.04 Å². The van der Waals surface area contributed by atoms with E-state index in [1.54, 1.807) is 43.3 Å². The molecule has 0 radical (unpaired) electrons. The second-order valence-electron chi connectivity index (χ2n) is 6.23. The van der Waals surface area contributed by atoms with Gasteiger partial charge < -0.3 is 5.32 Å². The molecule has 0 aliphatic heterocycles. The van der Waals surface area contributed by atoms with E-state index in [9.17, 15) is 13.2 Å². The lowest BCUT2D eigenvalue weighted by Crippen LogP contribution is -2.49. The molecule has 0 aromatic heterocycles. The number of benzene rings is 2. The third-order valence-electron chi connectivity index (χ3n) is 4.15. The lowest BCUT2D eigenvalue weighted by Gasteiger charge is -2.30. The fraction of sp³-hybridized carbons (Fsp3) is 0.316. The number of carbonyl (C=O) groups is 1. The van der Waals surface area contributed by atoms with Crippen LogP contribution in [0.4, 0.5) is 5.69 Å². The first-order valence-electron chi connectivity index (χ1n) is 8.41. The standard InChI is InChI=1S/C19H22Cl2N2O3S/c1-4-18(19(24)22-12-14-7-5-6-8-16(14)20)23(27(3,25)26)15-10-9-13(2)17(21)11-15/h5-11,18H,4,12H2,1-3H3,(H,22,24)/t18-/m1/s1.